The van der Waals surface area contributed by atoms with Gasteiger partial charge in [-0.2, -0.15) is 4.98 Å². The zero-order valence-electron chi connectivity index (χ0n) is 7.65. The van der Waals surface area contributed by atoms with Crippen LogP contribution in [-0.2, 0) is 0 Å². The average molecular weight is 183 g/mol. The Morgan fingerprint density at radius 3 is 2.77 bits per heavy atom. The minimum Gasteiger partial charge on any atom is -0.389 e. The Hall–Kier alpha value is -1.43. The first kappa shape index (κ1) is 9.66. The van der Waals surface area contributed by atoms with Gasteiger partial charge in [-0.15, -0.1) is 0 Å². The SMILES string of the molecule is CC(C)(O)CNc1ncnc(N)n1. The lowest BCUT2D eigenvalue weighted by Gasteiger charge is -2.17. The summed E-state index contributed by atoms with van der Waals surface area (Å²) in [5.41, 5.74) is 4.53. The fourth-order valence-electron chi connectivity index (χ4n) is 0.689. The van der Waals surface area contributed by atoms with Gasteiger partial charge >= 0.3 is 0 Å². The standard InChI is InChI=1S/C7H13N5O/c1-7(2,13)3-9-6-11-4-10-5(8)12-6/h4,13H,3H2,1-2H3,(H3,8,9,10,11,12). The Morgan fingerprint density at radius 1 is 1.54 bits per heavy atom. The highest BCUT2D eigenvalue weighted by molar-refractivity contribution is 5.29. The van der Waals surface area contributed by atoms with Crippen LogP contribution in [0.5, 0.6) is 0 Å². The molecule has 13 heavy (non-hydrogen) atoms. The van der Waals surface area contributed by atoms with Gasteiger partial charge < -0.3 is 16.2 Å². The largest absolute Gasteiger partial charge is 0.389 e. The van der Waals surface area contributed by atoms with Gasteiger partial charge in [0.25, 0.3) is 0 Å². The molecule has 6 nitrogen and oxygen atoms in total. The summed E-state index contributed by atoms with van der Waals surface area (Å²) in [5, 5.41) is 12.2. The van der Waals surface area contributed by atoms with Gasteiger partial charge in [0.15, 0.2) is 0 Å². The Kier molecular flexibility index (Phi) is 2.62. The predicted octanol–water partition coefficient (Wildman–Crippen LogP) is -0.363. The smallest absolute Gasteiger partial charge is 0.227 e. The van der Waals surface area contributed by atoms with Crippen molar-refractivity contribution >= 4 is 11.9 Å². The highest BCUT2D eigenvalue weighted by Crippen LogP contribution is 2.03. The third-order valence-electron chi connectivity index (χ3n) is 1.27. The van der Waals surface area contributed by atoms with Crippen molar-refractivity contribution in [2.45, 2.75) is 19.4 Å². The number of nitrogen functional groups attached to an aromatic ring is 1. The number of nitrogens with zero attached hydrogens (tertiary/aromatic N) is 3. The van der Waals surface area contributed by atoms with E-state index in [1.807, 2.05) is 0 Å². The topological polar surface area (TPSA) is 97.0 Å². The molecule has 6 heteroatoms. The van der Waals surface area contributed by atoms with Crippen LogP contribution >= 0.6 is 0 Å². The second-order valence-electron chi connectivity index (χ2n) is 3.33. The summed E-state index contributed by atoms with van der Waals surface area (Å²) >= 11 is 0. The van der Waals surface area contributed by atoms with E-state index in [9.17, 15) is 5.11 Å². The van der Waals surface area contributed by atoms with Gasteiger partial charge in [0.05, 0.1) is 5.60 Å². The first-order valence-corrected chi connectivity index (χ1v) is 3.88. The molecule has 4 N–H and O–H groups in total. The number of hydrogen-bond acceptors (Lipinski definition) is 6. The second kappa shape index (κ2) is 3.53. The molecule has 1 aromatic rings. The fourth-order valence-corrected chi connectivity index (χ4v) is 0.689. The van der Waals surface area contributed by atoms with Crippen LogP contribution in [0, 0.1) is 0 Å². The van der Waals surface area contributed by atoms with E-state index in [0.717, 1.165) is 0 Å². The third kappa shape index (κ3) is 3.66. The lowest BCUT2D eigenvalue weighted by Crippen LogP contribution is -2.30. The lowest BCUT2D eigenvalue weighted by molar-refractivity contribution is 0.0943. The zero-order chi connectivity index (χ0) is 9.90. The minimum atomic E-state index is -0.804. The first-order chi connectivity index (χ1) is 5.97. The monoisotopic (exact) mass is 183 g/mol. The van der Waals surface area contributed by atoms with Crippen LogP contribution in [0.2, 0.25) is 0 Å². The van der Waals surface area contributed by atoms with E-state index in [1.165, 1.54) is 6.33 Å². The molecule has 0 bridgehead atoms. The minimum absolute atomic E-state index is 0.160. The molecule has 0 radical (unpaired) electrons. The Bertz CT molecular complexity index is 282. The van der Waals surface area contributed by atoms with Gasteiger partial charge in [-0.05, 0) is 13.8 Å². The van der Waals surface area contributed by atoms with Gasteiger partial charge in [0.1, 0.15) is 6.33 Å². The molecule has 0 spiro atoms. The van der Waals surface area contributed by atoms with Gasteiger partial charge in [-0.25, -0.2) is 9.97 Å². The van der Waals surface area contributed by atoms with Crippen LogP contribution in [-0.4, -0.2) is 32.2 Å². The molecule has 0 unspecified atom stereocenters. The summed E-state index contributed by atoms with van der Waals surface area (Å²) in [6.07, 6.45) is 1.31. The number of nitrogens with two attached hydrogens (primary N) is 1. The highest BCUT2D eigenvalue weighted by Gasteiger charge is 2.12. The van der Waals surface area contributed by atoms with Crippen LogP contribution in [0.15, 0.2) is 6.33 Å². The molecule has 1 aromatic heterocycles. The molecule has 0 fully saturated rings. The van der Waals surface area contributed by atoms with E-state index in [1.54, 1.807) is 13.8 Å². The van der Waals surface area contributed by atoms with E-state index < -0.39 is 5.60 Å². The molecule has 0 aliphatic rings. The summed E-state index contributed by atoms with van der Waals surface area (Å²) in [4.78, 5) is 11.3. The van der Waals surface area contributed by atoms with Crippen molar-refractivity contribution in [3.8, 4) is 0 Å². The van der Waals surface area contributed by atoms with Crippen molar-refractivity contribution in [3.05, 3.63) is 6.33 Å². The first-order valence-electron chi connectivity index (χ1n) is 3.88. The van der Waals surface area contributed by atoms with Crippen molar-refractivity contribution in [3.63, 3.8) is 0 Å². The molecule has 1 heterocycles. The number of rotatable bonds is 3. The molecule has 0 amide bonds. The third-order valence-corrected chi connectivity index (χ3v) is 1.27. The number of hydrogen-bond donors (Lipinski definition) is 3. The van der Waals surface area contributed by atoms with Crippen LogP contribution in [0.25, 0.3) is 0 Å². The maximum absolute atomic E-state index is 9.38. The van der Waals surface area contributed by atoms with E-state index in [4.69, 9.17) is 5.73 Å². The van der Waals surface area contributed by atoms with E-state index in [0.29, 0.717) is 12.5 Å². The van der Waals surface area contributed by atoms with Crippen LogP contribution in [0.1, 0.15) is 13.8 Å². The van der Waals surface area contributed by atoms with Crippen molar-refractivity contribution in [2.24, 2.45) is 0 Å². The van der Waals surface area contributed by atoms with Crippen LogP contribution in [0.3, 0.4) is 0 Å². The van der Waals surface area contributed by atoms with Gasteiger partial charge in [0, 0.05) is 6.54 Å². The molecule has 0 saturated heterocycles. The lowest BCUT2D eigenvalue weighted by atomic mass is 10.1. The highest BCUT2D eigenvalue weighted by atomic mass is 16.3. The normalized spacial score (nSPS) is 11.3. The molecular formula is C7H13N5O. The van der Waals surface area contributed by atoms with E-state index >= 15 is 0 Å². The summed E-state index contributed by atoms with van der Waals surface area (Å²) in [6, 6.07) is 0. The predicted molar refractivity (Wildman–Crippen MR) is 49.0 cm³/mol. The number of aromatic nitrogens is 3. The summed E-state index contributed by atoms with van der Waals surface area (Å²) < 4.78 is 0. The van der Waals surface area contributed by atoms with Gasteiger partial charge in [0.2, 0.25) is 11.9 Å². The maximum Gasteiger partial charge on any atom is 0.227 e. The quantitative estimate of drug-likeness (QED) is 0.592. The molecule has 0 saturated carbocycles. The Labute approximate surface area is 76.2 Å². The average Bonchev–Trinajstić information content (AvgIpc) is 2.00. The Balaban J connectivity index is 2.55. The van der Waals surface area contributed by atoms with Crippen molar-refractivity contribution < 1.29 is 5.11 Å². The molecule has 0 aliphatic heterocycles. The van der Waals surface area contributed by atoms with Gasteiger partial charge in [-0.1, -0.05) is 0 Å². The molecule has 0 atom stereocenters. The molecule has 72 valence electrons. The molecule has 0 aromatic carbocycles. The molecule has 1 rings (SSSR count). The molecular weight excluding hydrogens is 170 g/mol. The summed E-state index contributed by atoms with van der Waals surface area (Å²) in [7, 11) is 0. The van der Waals surface area contributed by atoms with Crippen molar-refractivity contribution in [1.82, 2.24) is 15.0 Å². The maximum atomic E-state index is 9.38. The molecule has 0 aliphatic carbocycles. The second-order valence-corrected chi connectivity index (χ2v) is 3.33. The summed E-state index contributed by atoms with van der Waals surface area (Å²) in [5.74, 6) is 0.530. The number of anilines is 2. The zero-order valence-corrected chi connectivity index (χ0v) is 7.65. The summed E-state index contributed by atoms with van der Waals surface area (Å²) in [6.45, 7) is 3.73. The fraction of sp³-hybridized carbons (Fsp3) is 0.571. The number of nitrogens with one attached hydrogen (secondary N) is 1. The van der Waals surface area contributed by atoms with Crippen molar-refractivity contribution in [2.75, 3.05) is 17.6 Å². The van der Waals surface area contributed by atoms with E-state index in [-0.39, 0.29) is 5.95 Å². The Morgan fingerprint density at radius 2 is 2.23 bits per heavy atom. The van der Waals surface area contributed by atoms with E-state index in [2.05, 4.69) is 20.3 Å². The van der Waals surface area contributed by atoms with Crippen LogP contribution in [0.4, 0.5) is 11.9 Å². The van der Waals surface area contributed by atoms with Crippen LogP contribution < -0.4 is 11.1 Å². The van der Waals surface area contributed by atoms with Crippen molar-refractivity contribution in [1.29, 1.82) is 0 Å². The number of aliphatic hydroxyl groups is 1. The van der Waals surface area contributed by atoms with Gasteiger partial charge in [-0.3, -0.25) is 0 Å².